The number of nitrogens with one attached hydrogen (secondary N) is 2. The summed E-state index contributed by atoms with van der Waals surface area (Å²) in [5.41, 5.74) is 5.64. The van der Waals surface area contributed by atoms with Crippen LogP contribution in [0.4, 0.5) is 5.82 Å². The number of amides is 2. The Hall–Kier alpha value is -1.34. The number of nitrogens with two attached hydrogens (primary N) is 1. The van der Waals surface area contributed by atoms with Crippen molar-refractivity contribution in [2.45, 2.75) is 50.9 Å². The van der Waals surface area contributed by atoms with Crippen molar-refractivity contribution >= 4 is 69.6 Å². The molecule has 2 aromatic heterocycles. The van der Waals surface area contributed by atoms with Crippen molar-refractivity contribution in [1.29, 1.82) is 0 Å². The van der Waals surface area contributed by atoms with E-state index in [1.54, 1.807) is 5.62 Å². The number of aliphatic hydroxyl groups excluding tert-OH is 2. The largest absolute Gasteiger partial charge is 0.790 e. The van der Waals surface area contributed by atoms with E-state index in [1.807, 2.05) is 0 Å². The van der Waals surface area contributed by atoms with Crippen LogP contribution in [0.2, 0.25) is 0 Å². The second kappa shape index (κ2) is 19.3. The second-order valence-electron chi connectivity index (χ2n) is 10.9. The van der Waals surface area contributed by atoms with Crippen LogP contribution in [0.25, 0.3) is 11.2 Å². The molecule has 1 aliphatic rings. The molecule has 51 heavy (non-hydrogen) atoms. The van der Waals surface area contributed by atoms with Crippen LogP contribution in [0.5, 0.6) is 0 Å². The average Bonchev–Trinajstić information content (AvgIpc) is 3.57. The van der Waals surface area contributed by atoms with Gasteiger partial charge in [-0.05, 0) is 5.75 Å². The summed E-state index contributed by atoms with van der Waals surface area (Å²) in [5.74, 6) is -1.28. The van der Waals surface area contributed by atoms with E-state index in [-0.39, 0.29) is 75.0 Å². The first-order chi connectivity index (χ1) is 23.2. The molecule has 0 aromatic carbocycles. The molecule has 0 spiro atoms. The Labute approximate surface area is 318 Å². The first-order valence-corrected chi connectivity index (χ1v) is 19.3. The molecular weight excluding hydrogens is 848 g/mol. The topological polar surface area (TPSA) is 375 Å². The first-order valence-electron chi connectivity index (χ1n) is 14.0. The van der Waals surface area contributed by atoms with Crippen molar-refractivity contribution in [2.75, 3.05) is 37.8 Å². The molecule has 2 amide bonds. The SMILES string of the molecule is CC(C)(COP(=O)([O-])OP(=O)([O-])OCC1OC(n2cnc3c(N)ncnc32)C(O)C1OP(=O)([O-])[O-])C(O)C(=O)NCCC(=O)NCCS[C-]=O.[Y]. The van der Waals surface area contributed by atoms with E-state index in [4.69, 9.17) is 10.5 Å². The first kappa shape index (κ1) is 45.8. The number of imidazole rings is 1. The number of phosphoric acid groups is 3. The van der Waals surface area contributed by atoms with E-state index in [1.165, 1.54) is 13.8 Å². The van der Waals surface area contributed by atoms with Gasteiger partial charge in [-0.25, -0.2) is 24.9 Å². The average molecular weight is 879 g/mol. The van der Waals surface area contributed by atoms with Gasteiger partial charge < -0.3 is 85.6 Å². The zero-order valence-electron chi connectivity index (χ0n) is 26.5. The molecule has 1 saturated heterocycles. The number of ether oxygens (including phenoxy) is 1. The van der Waals surface area contributed by atoms with Crippen LogP contribution in [0.3, 0.4) is 0 Å². The van der Waals surface area contributed by atoms with E-state index >= 15 is 0 Å². The molecule has 1 fully saturated rings. The number of aliphatic hydroxyl groups is 2. The van der Waals surface area contributed by atoms with Gasteiger partial charge in [-0.2, -0.15) is 0 Å². The second-order valence-corrected chi connectivity index (χ2v) is 15.8. The molecule has 29 heteroatoms. The monoisotopic (exact) mass is 879 g/mol. The number of phosphoric ester groups is 3. The number of hydrogen-bond donors (Lipinski definition) is 5. The smallest absolute Gasteiger partial charge is 0.274 e. The number of nitrogens with zero attached hydrogens (tertiary/aromatic N) is 4. The zero-order valence-corrected chi connectivity index (χ0v) is 32.8. The van der Waals surface area contributed by atoms with Gasteiger partial charge in [0.1, 0.15) is 36.3 Å². The Bertz CT molecular complexity index is 1670. The van der Waals surface area contributed by atoms with Crippen LogP contribution in [0.1, 0.15) is 26.5 Å². The van der Waals surface area contributed by atoms with Crippen molar-refractivity contribution in [3.05, 3.63) is 12.7 Å². The summed E-state index contributed by atoms with van der Waals surface area (Å²) in [4.78, 5) is 93.4. The maximum atomic E-state index is 12.4. The summed E-state index contributed by atoms with van der Waals surface area (Å²) in [7, 11) is -17.6. The van der Waals surface area contributed by atoms with Gasteiger partial charge in [-0.1, -0.05) is 13.8 Å². The molecule has 0 bridgehead atoms. The van der Waals surface area contributed by atoms with Gasteiger partial charge in [0.25, 0.3) is 15.6 Å². The number of fused-ring (bicyclic) bond motifs is 1. The summed E-state index contributed by atoms with van der Waals surface area (Å²) in [6.07, 6.45) is -7.57. The predicted molar refractivity (Wildman–Crippen MR) is 159 cm³/mol. The number of carbonyl (C=O) groups excluding carboxylic acids is 3. The molecule has 7 atom stereocenters. The number of nitrogen functional groups attached to an aromatic ring is 1. The Morgan fingerprint density at radius 1 is 1.14 bits per heavy atom. The molecule has 7 unspecified atom stereocenters. The minimum atomic E-state index is -5.90. The van der Waals surface area contributed by atoms with E-state index in [0.717, 1.165) is 29.0 Å². The van der Waals surface area contributed by atoms with Crippen LogP contribution in [0.15, 0.2) is 12.7 Å². The van der Waals surface area contributed by atoms with Gasteiger partial charge in [0, 0.05) is 57.6 Å². The van der Waals surface area contributed by atoms with Crippen molar-refractivity contribution in [2.24, 2.45) is 5.41 Å². The fourth-order valence-electron chi connectivity index (χ4n) is 4.20. The number of anilines is 1. The molecule has 0 aliphatic carbocycles. The van der Waals surface area contributed by atoms with Crippen molar-refractivity contribution < 1.29 is 113 Å². The summed E-state index contributed by atoms with van der Waals surface area (Å²) in [5, 5.41) is 25.9. The van der Waals surface area contributed by atoms with Gasteiger partial charge in [0.15, 0.2) is 17.7 Å². The van der Waals surface area contributed by atoms with Gasteiger partial charge in [0.05, 0.1) is 27.4 Å². The third-order valence-electron chi connectivity index (χ3n) is 6.64. The Morgan fingerprint density at radius 2 is 1.80 bits per heavy atom. The van der Waals surface area contributed by atoms with E-state index in [9.17, 15) is 57.9 Å². The fourth-order valence-corrected chi connectivity index (χ4v) is 7.22. The third kappa shape index (κ3) is 13.8. The zero-order chi connectivity index (χ0) is 37.5. The number of thioether (sulfide) groups is 1. The molecule has 3 rings (SSSR count). The molecule has 0 saturated carbocycles. The Kier molecular flexibility index (Phi) is 17.3. The maximum Gasteiger partial charge on any atom is 0.274 e. The molecule has 6 N–H and O–H groups in total. The van der Waals surface area contributed by atoms with Crippen LogP contribution in [-0.2, 0) is 83.4 Å². The summed E-state index contributed by atoms with van der Waals surface area (Å²) >= 11 is 0.824. The van der Waals surface area contributed by atoms with Gasteiger partial charge >= 0.3 is 0 Å². The normalized spacial score (nSPS) is 22.4. The van der Waals surface area contributed by atoms with Crippen LogP contribution < -0.4 is 35.9 Å². The minimum Gasteiger partial charge on any atom is -0.790 e. The van der Waals surface area contributed by atoms with E-state index in [2.05, 4.69) is 43.5 Å². The molecule has 1 radical (unpaired) electrons. The molecule has 24 nitrogen and oxygen atoms in total. The number of aromatic nitrogens is 4. The molecule has 1 aliphatic heterocycles. The molecule has 3 heterocycles. The van der Waals surface area contributed by atoms with Gasteiger partial charge in [0.2, 0.25) is 11.8 Å². The molecule has 2 aromatic rings. The van der Waals surface area contributed by atoms with E-state index in [0.29, 0.717) is 0 Å². The molecule has 285 valence electrons. The summed E-state index contributed by atoms with van der Waals surface area (Å²) in [6, 6.07) is 0. The third-order valence-corrected chi connectivity index (χ3v) is 10.2. The van der Waals surface area contributed by atoms with Gasteiger partial charge in [-0.15, -0.1) is 0 Å². The Morgan fingerprint density at radius 3 is 2.45 bits per heavy atom. The van der Waals surface area contributed by atoms with Gasteiger partial charge in [-0.3, -0.25) is 23.3 Å². The summed E-state index contributed by atoms with van der Waals surface area (Å²) in [6.45, 7) is 0.0662. The Balaban J connectivity index is 0.00000901. The van der Waals surface area contributed by atoms with Crippen LogP contribution >= 0.6 is 35.2 Å². The van der Waals surface area contributed by atoms with E-state index < -0.39 is 84.6 Å². The van der Waals surface area contributed by atoms with Crippen molar-refractivity contribution in [3.8, 4) is 0 Å². The number of carbonyl (C=O) groups is 2. The maximum absolute atomic E-state index is 12.4. The molecular formula is C22H31N7O17P3SY-5. The minimum absolute atomic E-state index is 0. The van der Waals surface area contributed by atoms with Crippen molar-refractivity contribution in [3.63, 3.8) is 0 Å². The number of rotatable bonds is 20. The van der Waals surface area contributed by atoms with Crippen LogP contribution in [-0.4, -0.2) is 104 Å². The van der Waals surface area contributed by atoms with Crippen molar-refractivity contribution in [1.82, 2.24) is 30.2 Å². The quantitative estimate of drug-likeness (QED) is 0.0477. The number of hydrogen-bond acceptors (Lipinski definition) is 22. The summed E-state index contributed by atoms with van der Waals surface area (Å²) < 4.78 is 60.1. The predicted octanol–water partition coefficient (Wildman–Crippen LogP) is -4.33. The van der Waals surface area contributed by atoms with Crippen LogP contribution in [0, 0.1) is 5.41 Å². The fraction of sp³-hybridized carbons (Fsp3) is 0.636. The standard InChI is InChI=1S/C22H35N7O17P3S.Y/c1-22(2,17(33)20(34)25-4-3-13(31)24-5-6-50-11-30)8-43-49(40,41)46-48(38,39)42-7-12-16(45-47(35,36)37)15(32)21(44-12)29-10-28-14-18(23)26-9-27-19(14)29;/h9-10,12,15-17,21,32-33H,3-8H2,1-2H3,(H,24,31)(H,25,34)(H,38,39)(H,40,41)(H2,23,26,27)(H2,35,36,37);/q-1;/p-4.